The summed E-state index contributed by atoms with van der Waals surface area (Å²) in [4.78, 5) is 9.09. The standard InChI is InChI=1S/C23H28F2N6O2/c1-23(2,32)21-20(31-18(29-21)10-17(33-3)19(30-31)12-4-5-12)15-7-6-14(25)22(27-15)28-16-11-26-9-8-13(16)24/h6-7,10,12-13,16,26,32H,4-5,8-9,11H2,1-3H3,(H,27,28)/t13-,16-/m0/s1. The Morgan fingerprint density at radius 2 is 2.03 bits per heavy atom. The van der Waals surface area contributed by atoms with Gasteiger partial charge in [-0.3, -0.25) is 0 Å². The molecule has 3 aromatic rings. The molecular formula is C23H28F2N6O2. The van der Waals surface area contributed by atoms with E-state index < -0.39 is 23.6 Å². The molecule has 2 fully saturated rings. The first kappa shape index (κ1) is 22.0. The van der Waals surface area contributed by atoms with E-state index in [2.05, 4.69) is 20.6 Å². The van der Waals surface area contributed by atoms with Crippen molar-refractivity contribution in [3.8, 4) is 17.1 Å². The SMILES string of the molecule is COc1cc2nc(C(C)(C)O)c(-c3ccc(F)c(N[C@H]4CNCC[C@@H]4F)n3)n2nc1C1CC1. The average molecular weight is 459 g/mol. The van der Waals surface area contributed by atoms with Crippen molar-refractivity contribution >= 4 is 11.5 Å². The summed E-state index contributed by atoms with van der Waals surface area (Å²) in [5, 5.41) is 21.7. The summed E-state index contributed by atoms with van der Waals surface area (Å²) in [6.45, 7) is 4.22. The van der Waals surface area contributed by atoms with Crippen molar-refractivity contribution in [2.24, 2.45) is 0 Å². The first-order valence-corrected chi connectivity index (χ1v) is 11.2. The average Bonchev–Trinajstić information content (AvgIpc) is 3.55. The molecule has 0 radical (unpaired) electrons. The Morgan fingerprint density at radius 3 is 2.70 bits per heavy atom. The second-order valence-corrected chi connectivity index (χ2v) is 9.30. The van der Waals surface area contributed by atoms with Crippen LogP contribution in [0.25, 0.3) is 17.0 Å². The minimum atomic E-state index is -1.31. The molecule has 0 aromatic carbocycles. The van der Waals surface area contributed by atoms with Crippen LogP contribution < -0.4 is 15.4 Å². The van der Waals surface area contributed by atoms with E-state index in [4.69, 9.17) is 9.84 Å². The number of aliphatic hydroxyl groups is 1. The number of aromatic nitrogens is 4. The van der Waals surface area contributed by atoms with E-state index in [0.717, 1.165) is 18.5 Å². The van der Waals surface area contributed by atoms with Gasteiger partial charge in [0.2, 0.25) is 0 Å². The maximum absolute atomic E-state index is 14.6. The van der Waals surface area contributed by atoms with Crippen LogP contribution in [0, 0.1) is 5.82 Å². The molecule has 2 aliphatic rings. The zero-order valence-corrected chi connectivity index (χ0v) is 18.9. The van der Waals surface area contributed by atoms with E-state index in [-0.39, 0.29) is 5.82 Å². The molecular weight excluding hydrogens is 430 g/mol. The maximum Gasteiger partial charge on any atom is 0.165 e. The van der Waals surface area contributed by atoms with Crippen LogP contribution in [-0.2, 0) is 5.60 Å². The number of imidazole rings is 1. The Balaban J connectivity index is 1.64. The van der Waals surface area contributed by atoms with E-state index in [1.165, 1.54) is 12.1 Å². The Bertz CT molecular complexity index is 1190. The zero-order chi connectivity index (χ0) is 23.3. The van der Waals surface area contributed by atoms with Gasteiger partial charge in [-0.1, -0.05) is 0 Å². The van der Waals surface area contributed by atoms with Crippen LogP contribution in [0.4, 0.5) is 14.6 Å². The Labute approximate surface area is 190 Å². The molecule has 3 aromatic heterocycles. The van der Waals surface area contributed by atoms with Gasteiger partial charge >= 0.3 is 0 Å². The number of hydrogen-bond acceptors (Lipinski definition) is 7. The molecule has 176 valence electrons. The quantitative estimate of drug-likeness (QED) is 0.522. The zero-order valence-electron chi connectivity index (χ0n) is 18.9. The lowest BCUT2D eigenvalue weighted by atomic mass is 10.0. The number of halogens is 2. The highest BCUT2D eigenvalue weighted by atomic mass is 19.1. The highest BCUT2D eigenvalue weighted by molar-refractivity contribution is 5.67. The minimum absolute atomic E-state index is 0.0450. The molecule has 0 spiro atoms. The summed E-state index contributed by atoms with van der Waals surface area (Å²) in [6.07, 6.45) is 1.30. The number of nitrogens with zero attached hydrogens (tertiary/aromatic N) is 4. The molecule has 1 saturated carbocycles. The van der Waals surface area contributed by atoms with Gasteiger partial charge in [0.15, 0.2) is 17.3 Å². The lowest BCUT2D eigenvalue weighted by molar-refractivity contribution is 0.0750. The molecule has 1 aliphatic carbocycles. The van der Waals surface area contributed by atoms with Crippen molar-refractivity contribution in [1.82, 2.24) is 24.9 Å². The first-order valence-electron chi connectivity index (χ1n) is 11.2. The van der Waals surface area contributed by atoms with Gasteiger partial charge in [0.25, 0.3) is 0 Å². The molecule has 8 nitrogen and oxygen atoms in total. The fraction of sp³-hybridized carbons (Fsp3) is 0.522. The predicted octanol–water partition coefficient (Wildman–Crippen LogP) is 3.16. The molecule has 0 amide bonds. The number of anilines is 1. The van der Waals surface area contributed by atoms with Gasteiger partial charge in [0.05, 0.1) is 18.8 Å². The number of rotatable bonds is 6. The summed E-state index contributed by atoms with van der Waals surface area (Å²) in [5.74, 6) is 0.334. The highest BCUT2D eigenvalue weighted by Gasteiger charge is 2.33. The summed E-state index contributed by atoms with van der Waals surface area (Å²) < 4.78 is 36.2. The summed E-state index contributed by atoms with van der Waals surface area (Å²) in [6, 6.07) is 4.01. The number of pyridine rings is 1. The van der Waals surface area contributed by atoms with Gasteiger partial charge in [-0.15, -0.1) is 0 Å². The van der Waals surface area contributed by atoms with Gasteiger partial charge in [-0.05, 0) is 51.8 Å². The predicted molar refractivity (Wildman–Crippen MR) is 120 cm³/mol. The largest absolute Gasteiger partial charge is 0.495 e. The lowest BCUT2D eigenvalue weighted by Gasteiger charge is -2.28. The fourth-order valence-corrected chi connectivity index (χ4v) is 4.25. The van der Waals surface area contributed by atoms with E-state index in [1.54, 1.807) is 31.5 Å². The molecule has 1 aliphatic heterocycles. The Kier molecular flexibility index (Phi) is 5.44. The summed E-state index contributed by atoms with van der Waals surface area (Å²) >= 11 is 0. The number of alkyl halides is 1. The third kappa shape index (κ3) is 4.13. The highest BCUT2D eigenvalue weighted by Crippen LogP contribution is 2.44. The number of hydrogen-bond donors (Lipinski definition) is 3. The van der Waals surface area contributed by atoms with Crippen LogP contribution in [-0.4, -0.2) is 57.1 Å². The third-order valence-electron chi connectivity index (χ3n) is 6.17. The van der Waals surface area contributed by atoms with Gasteiger partial charge in [0, 0.05) is 18.5 Å². The Morgan fingerprint density at radius 1 is 1.24 bits per heavy atom. The second-order valence-electron chi connectivity index (χ2n) is 9.30. The van der Waals surface area contributed by atoms with E-state index in [9.17, 15) is 13.9 Å². The van der Waals surface area contributed by atoms with Crippen molar-refractivity contribution in [3.05, 3.63) is 35.4 Å². The molecule has 2 atom stereocenters. The van der Waals surface area contributed by atoms with Crippen LogP contribution >= 0.6 is 0 Å². The van der Waals surface area contributed by atoms with Crippen molar-refractivity contribution in [1.29, 1.82) is 0 Å². The molecule has 5 rings (SSSR count). The van der Waals surface area contributed by atoms with Crippen LogP contribution in [0.15, 0.2) is 18.2 Å². The summed E-state index contributed by atoms with van der Waals surface area (Å²) in [7, 11) is 1.60. The lowest BCUT2D eigenvalue weighted by Crippen LogP contribution is -2.46. The van der Waals surface area contributed by atoms with Crippen LogP contribution in [0.3, 0.4) is 0 Å². The van der Waals surface area contributed by atoms with E-state index in [0.29, 0.717) is 53.9 Å². The molecule has 0 unspecified atom stereocenters. The molecule has 33 heavy (non-hydrogen) atoms. The van der Waals surface area contributed by atoms with E-state index in [1.807, 2.05) is 0 Å². The van der Waals surface area contributed by atoms with Crippen molar-refractivity contribution < 1.29 is 18.6 Å². The van der Waals surface area contributed by atoms with E-state index >= 15 is 0 Å². The van der Waals surface area contributed by atoms with Crippen LogP contribution in [0.1, 0.15) is 50.4 Å². The monoisotopic (exact) mass is 458 g/mol. The van der Waals surface area contributed by atoms with Gasteiger partial charge < -0.3 is 20.5 Å². The second kappa shape index (κ2) is 8.18. The maximum atomic E-state index is 14.6. The topological polar surface area (TPSA) is 96.6 Å². The van der Waals surface area contributed by atoms with Crippen molar-refractivity contribution in [3.63, 3.8) is 0 Å². The van der Waals surface area contributed by atoms with Gasteiger partial charge in [0.1, 0.15) is 34.6 Å². The third-order valence-corrected chi connectivity index (χ3v) is 6.17. The van der Waals surface area contributed by atoms with Crippen LogP contribution in [0.5, 0.6) is 5.75 Å². The number of fused-ring (bicyclic) bond motifs is 1. The number of piperidine rings is 1. The molecule has 3 N–H and O–H groups in total. The van der Waals surface area contributed by atoms with Crippen LogP contribution in [0.2, 0.25) is 0 Å². The molecule has 1 saturated heterocycles. The number of nitrogens with one attached hydrogen (secondary N) is 2. The fourth-order valence-electron chi connectivity index (χ4n) is 4.25. The Hall–Kier alpha value is -2.85. The van der Waals surface area contributed by atoms with Gasteiger partial charge in [-0.25, -0.2) is 23.3 Å². The molecule has 10 heteroatoms. The van der Waals surface area contributed by atoms with Crippen molar-refractivity contribution in [2.75, 3.05) is 25.5 Å². The number of ether oxygens (including phenoxy) is 1. The smallest absolute Gasteiger partial charge is 0.165 e. The summed E-state index contributed by atoms with van der Waals surface area (Å²) in [5.41, 5.74) is 1.20. The molecule has 4 heterocycles. The van der Waals surface area contributed by atoms with Crippen molar-refractivity contribution in [2.45, 2.75) is 56.8 Å². The first-order chi connectivity index (χ1) is 15.8. The molecule has 0 bridgehead atoms. The van der Waals surface area contributed by atoms with Gasteiger partial charge in [-0.2, -0.15) is 5.10 Å². The minimum Gasteiger partial charge on any atom is -0.495 e. The normalized spacial score (nSPS) is 21.4. The number of methoxy groups -OCH3 is 1.